The Balaban J connectivity index is 2.31. The molecule has 1 aliphatic rings. The second kappa shape index (κ2) is 3.79. The van der Waals surface area contributed by atoms with Crippen LogP contribution in [0.2, 0.25) is 0 Å². The molecule has 1 aromatic carbocycles. The van der Waals surface area contributed by atoms with Gasteiger partial charge >= 0.3 is 6.36 Å². The molecule has 0 aromatic heterocycles. The van der Waals surface area contributed by atoms with Crippen LogP contribution in [0, 0.1) is 0 Å². The van der Waals surface area contributed by atoms with Gasteiger partial charge in [-0.1, -0.05) is 0 Å². The van der Waals surface area contributed by atoms with E-state index in [1.807, 2.05) is 0 Å². The summed E-state index contributed by atoms with van der Waals surface area (Å²) in [5.41, 5.74) is -0.821. The van der Waals surface area contributed by atoms with Crippen molar-refractivity contribution in [3.8, 4) is 11.5 Å². The first-order valence-corrected chi connectivity index (χ1v) is 5.08. The summed E-state index contributed by atoms with van der Waals surface area (Å²) in [6, 6.07) is 3.49. The SMILES string of the molecule is CC1(C)Oc2cc(OC(F)(F)F)ccc2NC1=O. The van der Waals surface area contributed by atoms with Gasteiger partial charge < -0.3 is 14.8 Å². The van der Waals surface area contributed by atoms with Crippen molar-refractivity contribution in [3.05, 3.63) is 18.2 Å². The number of ether oxygens (including phenoxy) is 2. The highest BCUT2D eigenvalue weighted by molar-refractivity contribution is 6.00. The molecule has 98 valence electrons. The van der Waals surface area contributed by atoms with Crippen LogP contribution < -0.4 is 14.8 Å². The molecule has 7 heteroatoms. The Hall–Kier alpha value is -1.92. The molecule has 1 amide bonds. The third-order valence-electron chi connectivity index (χ3n) is 2.35. The zero-order valence-electron chi connectivity index (χ0n) is 9.59. The molecular formula is C11H10F3NO3. The third kappa shape index (κ3) is 2.49. The molecule has 0 atom stereocenters. The van der Waals surface area contributed by atoms with Crippen molar-refractivity contribution in [3.63, 3.8) is 0 Å². The molecule has 0 aliphatic carbocycles. The number of hydrogen-bond acceptors (Lipinski definition) is 3. The van der Waals surface area contributed by atoms with Gasteiger partial charge in [0, 0.05) is 6.07 Å². The summed E-state index contributed by atoms with van der Waals surface area (Å²) in [5.74, 6) is -0.617. The van der Waals surface area contributed by atoms with E-state index in [1.54, 1.807) is 0 Å². The summed E-state index contributed by atoms with van der Waals surface area (Å²) in [7, 11) is 0. The number of halogens is 3. The molecule has 0 saturated heterocycles. The molecule has 2 rings (SSSR count). The Labute approximate surface area is 101 Å². The number of carbonyl (C=O) groups is 1. The van der Waals surface area contributed by atoms with Gasteiger partial charge in [-0.3, -0.25) is 4.79 Å². The van der Waals surface area contributed by atoms with E-state index < -0.39 is 17.7 Å². The van der Waals surface area contributed by atoms with E-state index in [4.69, 9.17) is 4.74 Å². The number of hydrogen-bond donors (Lipinski definition) is 1. The van der Waals surface area contributed by atoms with E-state index in [0.29, 0.717) is 5.69 Å². The van der Waals surface area contributed by atoms with Crippen molar-refractivity contribution in [2.45, 2.75) is 25.8 Å². The maximum absolute atomic E-state index is 12.1. The van der Waals surface area contributed by atoms with Crippen LogP contribution in [0.4, 0.5) is 18.9 Å². The van der Waals surface area contributed by atoms with Crippen molar-refractivity contribution in [1.82, 2.24) is 0 Å². The molecule has 0 bridgehead atoms. The molecule has 0 spiro atoms. The predicted molar refractivity (Wildman–Crippen MR) is 56.5 cm³/mol. The molecular weight excluding hydrogens is 251 g/mol. The quantitative estimate of drug-likeness (QED) is 0.845. The van der Waals surface area contributed by atoms with Gasteiger partial charge in [-0.25, -0.2) is 0 Å². The van der Waals surface area contributed by atoms with Crippen LogP contribution in [0.3, 0.4) is 0 Å². The van der Waals surface area contributed by atoms with E-state index >= 15 is 0 Å². The van der Waals surface area contributed by atoms with Gasteiger partial charge in [0.2, 0.25) is 0 Å². The lowest BCUT2D eigenvalue weighted by Gasteiger charge is -2.31. The predicted octanol–water partition coefficient (Wildman–Crippen LogP) is 2.69. The third-order valence-corrected chi connectivity index (χ3v) is 2.35. The molecule has 0 fully saturated rings. The Morgan fingerprint density at radius 3 is 2.61 bits per heavy atom. The number of fused-ring (bicyclic) bond motifs is 1. The largest absolute Gasteiger partial charge is 0.573 e. The average Bonchev–Trinajstić information content (AvgIpc) is 2.17. The standard InChI is InChI=1S/C11H10F3NO3/c1-10(2)9(16)15-7-4-3-6(5-8(7)18-10)17-11(12,13)14/h3-5H,1-2H3,(H,15,16). The Kier molecular flexibility index (Phi) is 2.64. The second-order valence-electron chi connectivity index (χ2n) is 4.27. The van der Waals surface area contributed by atoms with Crippen molar-refractivity contribution < 1.29 is 27.4 Å². The number of nitrogens with one attached hydrogen (secondary N) is 1. The van der Waals surface area contributed by atoms with Crippen molar-refractivity contribution >= 4 is 11.6 Å². The van der Waals surface area contributed by atoms with Gasteiger partial charge in [0.15, 0.2) is 5.60 Å². The van der Waals surface area contributed by atoms with Crippen LogP contribution in [0.25, 0.3) is 0 Å². The highest BCUT2D eigenvalue weighted by Gasteiger charge is 2.36. The zero-order chi connectivity index (χ0) is 13.6. The van der Waals surface area contributed by atoms with Crippen LogP contribution in [0.1, 0.15) is 13.8 Å². The number of benzene rings is 1. The second-order valence-corrected chi connectivity index (χ2v) is 4.27. The highest BCUT2D eigenvalue weighted by Crippen LogP contribution is 2.37. The number of carbonyl (C=O) groups excluding carboxylic acids is 1. The minimum Gasteiger partial charge on any atom is -0.476 e. The minimum atomic E-state index is -4.76. The number of anilines is 1. The Morgan fingerprint density at radius 2 is 2.00 bits per heavy atom. The molecule has 4 nitrogen and oxygen atoms in total. The van der Waals surface area contributed by atoms with Crippen LogP contribution in [-0.4, -0.2) is 17.9 Å². The fourth-order valence-electron chi connectivity index (χ4n) is 1.48. The molecule has 1 aliphatic heterocycles. The minimum absolute atomic E-state index is 0.140. The fourth-order valence-corrected chi connectivity index (χ4v) is 1.48. The van der Waals surface area contributed by atoms with E-state index in [0.717, 1.165) is 12.1 Å². The first kappa shape index (κ1) is 12.5. The van der Waals surface area contributed by atoms with Crippen LogP contribution in [-0.2, 0) is 4.79 Å². The van der Waals surface area contributed by atoms with Crippen LogP contribution in [0.15, 0.2) is 18.2 Å². The molecule has 0 radical (unpaired) electrons. The van der Waals surface area contributed by atoms with Gasteiger partial charge in [-0.05, 0) is 26.0 Å². The normalized spacial score (nSPS) is 17.5. The summed E-state index contributed by atoms with van der Waals surface area (Å²) in [6.45, 7) is 3.03. The zero-order valence-corrected chi connectivity index (χ0v) is 9.59. The highest BCUT2D eigenvalue weighted by atomic mass is 19.4. The Morgan fingerprint density at radius 1 is 1.33 bits per heavy atom. The summed E-state index contributed by atoms with van der Waals surface area (Å²) >= 11 is 0. The first-order chi connectivity index (χ1) is 8.17. The van der Waals surface area contributed by atoms with E-state index in [-0.39, 0.29) is 11.7 Å². The van der Waals surface area contributed by atoms with E-state index in [1.165, 1.54) is 19.9 Å². The van der Waals surface area contributed by atoms with Gasteiger partial charge in [-0.15, -0.1) is 13.2 Å². The monoisotopic (exact) mass is 261 g/mol. The van der Waals surface area contributed by atoms with Crippen molar-refractivity contribution in [1.29, 1.82) is 0 Å². The lowest BCUT2D eigenvalue weighted by atomic mass is 10.1. The molecule has 1 aromatic rings. The van der Waals surface area contributed by atoms with Crippen molar-refractivity contribution in [2.75, 3.05) is 5.32 Å². The average molecular weight is 261 g/mol. The maximum atomic E-state index is 12.1. The maximum Gasteiger partial charge on any atom is 0.573 e. The van der Waals surface area contributed by atoms with E-state index in [9.17, 15) is 18.0 Å². The van der Waals surface area contributed by atoms with Crippen molar-refractivity contribution in [2.24, 2.45) is 0 Å². The first-order valence-electron chi connectivity index (χ1n) is 5.08. The molecule has 0 unspecified atom stereocenters. The fraction of sp³-hybridized carbons (Fsp3) is 0.364. The van der Waals surface area contributed by atoms with Gasteiger partial charge in [0.25, 0.3) is 5.91 Å². The molecule has 18 heavy (non-hydrogen) atoms. The van der Waals surface area contributed by atoms with E-state index in [2.05, 4.69) is 10.1 Å². The lowest BCUT2D eigenvalue weighted by molar-refractivity contribution is -0.274. The van der Waals surface area contributed by atoms with Crippen LogP contribution in [0.5, 0.6) is 11.5 Å². The summed E-state index contributed by atoms with van der Waals surface area (Å²) in [5, 5.41) is 2.54. The topological polar surface area (TPSA) is 47.6 Å². The van der Waals surface area contributed by atoms with Crippen LogP contribution >= 0.6 is 0 Å². The molecule has 0 saturated carbocycles. The summed E-state index contributed by atoms with van der Waals surface area (Å²) in [6.07, 6.45) is -4.76. The van der Waals surface area contributed by atoms with Gasteiger partial charge in [-0.2, -0.15) is 0 Å². The number of rotatable bonds is 1. The number of amides is 1. The summed E-state index contributed by atoms with van der Waals surface area (Å²) in [4.78, 5) is 11.5. The molecule has 1 N–H and O–H groups in total. The Bertz CT molecular complexity index is 497. The lowest BCUT2D eigenvalue weighted by Crippen LogP contribution is -2.45. The summed E-state index contributed by atoms with van der Waals surface area (Å²) < 4.78 is 45.3. The van der Waals surface area contributed by atoms with Gasteiger partial charge in [0.1, 0.15) is 11.5 Å². The number of alkyl halides is 3. The van der Waals surface area contributed by atoms with Gasteiger partial charge in [0.05, 0.1) is 5.69 Å². The molecule has 1 heterocycles. The smallest absolute Gasteiger partial charge is 0.476 e.